The summed E-state index contributed by atoms with van der Waals surface area (Å²) >= 11 is 0. The highest BCUT2D eigenvalue weighted by Gasteiger charge is 2.51. The number of amides is 2. The van der Waals surface area contributed by atoms with E-state index in [0.29, 0.717) is 62.1 Å². The summed E-state index contributed by atoms with van der Waals surface area (Å²) in [7, 11) is 1.02. The highest BCUT2D eigenvalue weighted by Crippen LogP contribution is 2.46. The molecule has 1 unspecified atom stereocenters. The Morgan fingerprint density at radius 3 is 2.52 bits per heavy atom. The van der Waals surface area contributed by atoms with Gasteiger partial charge >= 0.3 is 12.1 Å². The second-order valence-electron chi connectivity index (χ2n) is 11.0. The van der Waals surface area contributed by atoms with Crippen molar-refractivity contribution in [1.29, 1.82) is 0 Å². The highest BCUT2D eigenvalue weighted by molar-refractivity contribution is 5.88. The van der Waals surface area contributed by atoms with Gasteiger partial charge in [-0.1, -0.05) is 25.0 Å². The number of hydrazine groups is 1. The largest absolute Gasteiger partial charge is 0.487 e. The highest BCUT2D eigenvalue weighted by atomic mass is 19.4. The van der Waals surface area contributed by atoms with Crippen LogP contribution >= 0.6 is 0 Å². The van der Waals surface area contributed by atoms with Gasteiger partial charge in [-0.15, -0.1) is 0 Å². The zero-order valence-corrected chi connectivity index (χ0v) is 22.7. The van der Waals surface area contributed by atoms with E-state index in [1.54, 1.807) is 28.9 Å². The Kier molecular flexibility index (Phi) is 8.25. The van der Waals surface area contributed by atoms with Gasteiger partial charge in [0.1, 0.15) is 18.5 Å². The number of alkyl halides is 3. The van der Waals surface area contributed by atoms with Crippen LogP contribution in [-0.2, 0) is 20.8 Å². The molecule has 2 heterocycles. The topological polar surface area (TPSA) is 142 Å². The monoisotopic (exact) mass is 567 g/mol. The third-order valence-corrected chi connectivity index (χ3v) is 8.32. The second kappa shape index (κ2) is 11.2. The van der Waals surface area contributed by atoms with Crippen LogP contribution in [0.3, 0.4) is 0 Å². The van der Waals surface area contributed by atoms with Gasteiger partial charge < -0.3 is 30.4 Å². The van der Waals surface area contributed by atoms with Gasteiger partial charge in [-0.05, 0) is 44.2 Å². The summed E-state index contributed by atoms with van der Waals surface area (Å²) in [5.41, 5.74) is 3.92. The number of carbonyl (C=O) groups is 3. The molecule has 10 nitrogen and oxygen atoms in total. The number of hydrogen-bond donors (Lipinski definition) is 3. The number of rotatable bonds is 7. The molecule has 3 atom stereocenters. The van der Waals surface area contributed by atoms with Crippen molar-refractivity contribution in [2.75, 3.05) is 26.7 Å². The summed E-state index contributed by atoms with van der Waals surface area (Å²) in [5, 5.41) is 10.4. The Balaban J connectivity index is 1.75. The molecule has 2 aliphatic heterocycles. The molecule has 0 bridgehead atoms. The van der Waals surface area contributed by atoms with Crippen molar-refractivity contribution in [2.24, 2.45) is 22.9 Å². The molecular formula is C27H36F3N5O5. The Labute approximate surface area is 230 Å². The minimum atomic E-state index is -4.81. The van der Waals surface area contributed by atoms with Gasteiger partial charge in [-0.25, -0.2) is 5.84 Å². The van der Waals surface area contributed by atoms with E-state index in [0.717, 1.165) is 12.6 Å². The molecule has 1 aliphatic carbocycles. The third kappa shape index (κ3) is 5.43. The predicted molar refractivity (Wildman–Crippen MR) is 138 cm³/mol. The van der Waals surface area contributed by atoms with E-state index in [1.165, 1.54) is 0 Å². The molecule has 1 saturated heterocycles. The standard InChI is InChI=1S/C27H36F3N5O5/c1-26(25(38)39)12-4-3-8-17(26)24(37)35-14-11-16-7-5-9-19(21(16)23(35)34-13-6-10-20(34)36)40-15-18(31)22(33(2)32)27(28,29)30/h5,7,9,17,23H,3-4,6,8,10-15,31-32H2,1-2H3,(H,38,39)/b22-18-/t17-,23?,26-/m0/s1. The van der Waals surface area contributed by atoms with Gasteiger partial charge in [0.15, 0.2) is 5.70 Å². The Morgan fingerprint density at radius 2 is 1.93 bits per heavy atom. The maximum atomic E-state index is 14.1. The lowest BCUT2D eigenvalue weighted by molar-refractivity contribution is -0.165. The number of ether oxygens (including phenoxy) is 1. The van der Waals surface area contributed by atoms with Crippen LogP contribution in [0.25, 0.3) is 0 Å². The van der Waals surface area contributed by atoms with Crippen molar-refractivity contribution in [3.05, 3.63) is 40.7 Å². The normalized spacial score (nSPS) is 25.8. The van der Waals surface area contributed by atoms with Crippen LogP contribution < -0.4 is 16.3 Å². The number of carboxylic acids is 1. The van der Waals surface area contributed by atoms with Gasteiger partial charge in [0.2, 0.25) is 11.8 Å². The van der Waals surface area contributed by atoms with Crippen molar-refractivity contribution >= 4 is 17.8 Å². The van der Waals surface area contributed by atoms with E-state index < -0.39 is 47.6 Å². The number of aliphatic carboxylic acids is 1. The van der Waals surface area contributed by atoms with E-state index >= 15 is 0 Å². The minimum absolute atomic E-state index is 0.168. The maximum Gasteiger partial charge on any atom is 0.434 e. The van der Waals surface area contributed by atoms with E-state index in [4.69, 9.17) is 16.3 Å². The van der Waals surface area contributed by atoms with Gasteiger partial charge in [0, 0.05) is 32.1 Å². The Morgan fingerprint density at radius 1 is 1.20 bits per heavy atom. The van der Waals surface area contributed by atoms with Crippen molar-refractivity contribution in [3.8, 4) is 5.75 Å². The van der Waals surface area contributed by atoms with Crippen LogP contribution in [0.1, 0.15) is 62.7 Å². The Bertz CT molecular complexity index is 1200. The molecule has 13 heteroatoms. The number of carbonyl (C=O) groups excluding carboxylic acids is 2. The fraction of sp³-hybridized carbons (Fsp3) is 0.593. The molecule has 1 aromatic rings. The lowest BCUT2D eigenvalue weighted by Gasteiger charge is -2.46. The summed E-state index contributed by atoms with van der Waals surface area (Å²) < 4.78 is 46.4. The molecule has 1 saturated carbocycles. The van der Waals surface area contributed by atoms with Crippen LogP contribution in [0.15, 0.2) is 29.6 Å². The summed E-state index contributed by atoms with van der Waals surface area (Å²) in [6.07, 6.45) is -2.21. The smallest absolute Gasteiger partial charge is 0.434 e. The first-order chi connectivity index (χ1) is 18.8. The van der Waals surface area contributed by atoms with Gasteiger partial charge in [0.25, 0.3) is 0 Å². The average molecular weight is 568 g/mol. The first-order valence-corrected chi connectivity index (χ1v) is 13.4. The lowest BCUT2D eigenvalue weighted by Crippen LogP contribution is -2.54. The molecule has 1 aromatic carbocycles. The molecule has 5 N–H and O–H groups in total. The summed E-state index contributed by atoms with van der Waals surface area (Å²) in [5.74, 6) is 3.24. The first-order valence-electron chi connectivity index (χ1n) is 13.4. The predicted octanol–water partition coefficient (Wildman–Crippen LogP) is 2.89. The zero-order valence-electron chi connectivity index (χ0n) is 22.7. The Hall–Kier alpha value is -3.48. The van der Waals surface area contributed by atoms with Gasteiger partial charge in [-0.3, -0.25) is 14.4 Å². The summed E-state index contributed by atoms with van der Waals surface area (Å²) in [6.45, 7) is 1.59. The number of carboxylic acid groups (broad SMARTS) is 1. The van der Waals surface area contributed by atoms with Crippen molar-refractivity contribution in [1.82, 2.24) is 14.8 Å². The number of nitrogens with zero attached hydrogens (tertiary/aromatic N) is 3. The van der Waals surface area contributed by atoms with Gasteiger partial charge in [-0.2, -0.15) is 13.2 Å². The van der Waals surface area contributed by atoms with Crippen LogP contribution in [0.5, 0.6) is 5.75 Å². The van der Waals surface area contributed by atoms with Crippen molar-refractivity contribution in [3.63, 3.8) is 0 Å². The molecular weight excluding hydrogens is 531 g/mol. The first kappa shape index (κ1) is 29.5. The molecule has 2 fully saturated rings. The summed E-state index contributed by atoms with van der Waals surface area (Å²) in [6, 6.07) is 5.08. The molecule has 4 rings (SSSR count). The molecule has 0 spiro atoms. The van der Waals surface area contributed by atoms with Crippen LogP contribution in [0.4, 0.5) is 13.2 Å². The fourth-order valence-electron chi connectivity index (χ4n) is 6.25. The number of allylic oxidation sites excluding steroid dienone is 1. The fourth-order valence-corrected chi connectivity index (χ4v) is 6.25. The lowest BCUT2D eigenvalue weighted by atomic mass is 9.66. The number of hydrogen-bond acceptors (Lipinski definition) is 7. The van der Waals surface area contributed by atoms with Crippen LogP contribution in [0.2, 0.25) is 0 Å². The van der Waals surface area contributed by atoms with E-state index in [2.05, 4.69) is 0 Å². The molecule has 220 valence electrons. The maximum absolute atomic E-state index is 14.1. The SMILES string of the molecule is CN(N)/C(=C(\N)COc1cccc2c1C(N1CCCC1=O)N(C(=O)[C@@H]1CCCC[C@]1(C)C(=O)O)CC2)C(F)(F)F. The van der Waals surface area contributed by atoms with Crippen molar-refractivity contribution < 1.29 is 37.4 Å². The third-order valence-electron chi connectivity index (χ3n) is 8.32. The summed E-state index contributed by atoms with van der Waals surface area (Å²) in [4.78, 5) is 42.5. The number of benzene rings is 1. The molecule has 0 aromatic heterocycles. The number of likely N-dealkylation sites (tertiary alicyclic amines) is 1. The number of fused-ring (bicyclic) bond motifs is 1. The number of halogens is 3. The molecule has 2 amide bonds. The molecule has 3 aliphatic rings. The molecule has 40 heavy (non-hydrogen) atoms. The van der Waals surface area contributed by atoms with E-state index in [9.17, 15) is 32.7 Å². The van der Waals surface area contributed by atoms with E-state index in [-0.39, 0.29) is 24.1 Å². The van der Waals surface area contributed by atoms with Crippen LogP contribution in [0, 0.1) is 11.3 Å². The van der Waals surface area contributed by atoms with Crippen molar-refractivity contribution in [2.45, 2.75) is 64.2 Å². The van der Waals surface area contributed by atoms with Gasteiger partial charge in [0.05, 0.1) is 17.0 Å². The number of nitrogens with two attached hydrogens (primary N) is 2. The quantitative estimate of drug-likeness (QED) is 0.337. The zero-order chi connectivity index (χ0) is 29.4. The van der Waals surface area contributed by atoms with Crippen LogP contribution in [-0.4, -0.2) is 70.6 Å². The minimum Gasteiger partial charge on any atom is -0.487 e. The second-order valence-corrected chi connectivity index (χ2v) is 11.0. The average Bonchev–Trinajstić information content (AvgIpc) is 3.30. The van der Waals surface area contributed by atoms with E-state index in [1.807, 2.05) is 6.07 Å². The molecule has 0 radical (unpaired) electrons.